The second kappa shape index (κ2) is 5.23. The molecular weight excluding hydrogens is 274 g/mol. The average Bonchev–Trinajstić information content (AvgIpc) is 2.31. The summed E-state index contributed by atoms with van der Waals surface area (Å²) in [5.74, 6) is -2.69. The molecule has 0 amide bonds. The van der Waals surface area contributed by atoms with E-state index >= 15 is 0 Å². The van der Waals surface area contributed by atoms with E-state index in [0.717, 1.165) is 12.1 Å². The molecule has 1 rings (SSSR count). The van der Waals surface area contributed by atoms with Crippen LogP contribution in [-0.2, 0) is 10.0 Å². The van der Waals surface area contributed by atoms with Crippen molar-refractivity contribution in [1.82, 2.24) is 4.72 Å². The molecule has 0 radical (unpaired) electrons. The number of sulfonamides is 1. The number of benzene rings is 1. The van der Waals surface area contributed by atoms with Crippen LogP contribution in [0.5, 0.6) is 0 Å². The molecule has 7 heteroatoms. The highest BCUT2D eigenvalue weighted by molar-refractivity contribution is 7.89. The summed E-state index contributed by atoms with van der Waals surface area (Å²) in [5.41, 5.74) is -1.33. The Kier molecular flexibility index (Phi) is 4.28. The Hall–Kier alpha value is -1.52. The monoisotopic (exact) mass is 288 g/mol. The van der Waals surface area contributed by atoms with Crippen molar-refractivity contribution in [3.63, 3.8) is 0 Å². The SMILES string of the molecule is CC(C)[C@](C)(C#N)NS(=O)(=O)c1ccc(F)c(F)c1. The largest absolute Gasteiger partial charge is 0.242 e. The van der Waals surface area contributed by atoms with Gasteiger partial charge in [-0.15, -0.1) is 0 Å². The van der Waals surface area contributed by atoms with E-state index in [1.165, 1.54) is 6.92 Å². The second-order valence-corrected chi connectivity index (χ2v) is 6.33. The zero-order valence-corrected chi connectivity index (χ0v) is 11.6. The van der Waals surface area contributed by atoms with Gasteiger partial charge in [0, 0.05) is 0 Å². The second-order valence-electron chi connectivity index (χ2n) is 4.65. The van der Waals surface area contributed by atoms with Gasteiger partial charge >= 0.3 is 0 Å². The van der Waals surface area contributed by atoms with E-state index in [1.54, 1.807) is 13.8 Å². The average molecular weight is 288 g/mol. The molecule has 0 spiro atoms. The molecule has 0 aromatic heterocycles. The van der Waals surface area contributed by atoms with E-state index in [4.69, 9.17) is 5.26 Å². The van der Waals surface area contributed by atoms with Gasteiger partial charge < -0.3 is 0 Å². The van der Waals surface area contributed by atoms with Gasteiger partial charge in [0.05, 0.1) is 11.0 Å². The predicted octanol–water partition coefficient (Wildman–Crippen LogP) is 2.18. The third-order valence-electron chi connectivity index (χ3n) is 2.93. The van der Waals surface area contributed by atoms with Crippen molar-refractivity contribution in [1.29, 1.82) is 5.26 Å². The zero-order chi connectivity index (χ0) is 14.8. The van der Waals surface area contributed by atoms with Crippen LogP contribution in [-0.4, -0.2) is 14.0 Å². The lowest BCUT2D eigenvalue weighted by atomic mass is 9.92. The molecule has 1 aromatic rings. The van der Waals surface area contributed by atoms with Crippen LogP contribution in [0, 0.1) is 28.9 Å². The summed E-state index contributed by atoms with van der Waals surface area (Å²) in [6.07, 6.45) is 0. The summed E-state index contributed by atoms with van der Waals surface area (Å²) in [6, 6.07) is 4.12. The standard InChI is InChI=1S/C12H14F2N2O2S/c1-8(2)12(3,7-15)16-19(17,18)9-4-5-10(13)11(14)6-9/h4-6,8,16H,1-3H3/t12-/m0/s1. The van der Waals surface area contributed by atoms with Crippen molar-refractivity contribution in [2.75, 3.05) is 0 Å². The number of rotatable bonds is 4. The minimum Gasteiger partial charge on any atom is -0.207 e. The number of halogens is 2. The molecule has 0 aliphatic heterocycles. The first-order valence-electron chi connectivity index (χ1n) is 5.52. The number of hydrogen-bond acceptors (Lipinski definition) is 3. The quantitative estimate of drug-likeness (QED) is 0.923. The fraction of sp³-hybridized carbons (Fsp3) is 0.417. The number of nitriles is 1. The van der Waals surface area contributed by atoms with Crippen LogP contribution in [0.2, 0.25) is 0 Å². The molecule has 0 saturated heterocycles. The first-order valence-corrected chi connectivity index (χ1v) is 7.01. The van der Waals surface area contributed by atoms with E-state index in [1.807, 2.05) is 6.07 Å². The van der Waals surface area contributed by atoms with Gasteiger partial charge in [-0.25, -0.2) is 17.2 Å². The summed E-state index contributed by atoms with van der Waals surface area (Å²) in [4.78, 5) is -0.423. The fourth-order valence-electron chi connectivity index (χ4n) is 1.25. The van der Waals surface area contributed by atoms with Crippen LogP contribution in [0.4, 0.5) is 8.78 Å². The topological polar surface area (TPSA) is 70.0 Å². The number of nitrogens with zero attached hydrogens (tertiary/aromatic N) is 1. The minimum absolute atomic E-state index is 0.294. The number of nitrogens with one attached hydrogen (secondary N) is 1. The molecule has 0 unspecified atom stereocenters. The summed E-state index contributed by atoms with van der Waals surface area (Å²) >= 11 is 0. The third kappa shape index (κ3) is 3.28. The molecule has 1 atom stereocenters. The van der Waals surface area contributed by atoms with Crippen molar-refractivity contribution >= 4 is 10.0 Å². The van der Waals surface area contributed by atoms with Crippen molar-refractivity contribution < 1.29 is 17.2 Å². The van der Waals surface area contributed by atoms with Gasteiger partial charge in [0.25, 0.3) is 0 Å². The predicted molar refractivity (Wildman–Crippen MR) is 65.5 cm³/mol. The normalized spacial score (nSPS) is 15.0. The Labute approximate surface area is 111 Å². The highest BCUT2D eigenvalue weighted by atomic mass is 32.2. The van der Waals surface area contributed by atoms with Crippen molar-refractivity contribution in [3.05, 3.63) is 29.8 Å². The van der Waals surface area contributed by atoms with Gasteiger partial charge in [-0.2, -0.15) is 9.98 Å². The maximum atomic E-state index is 13.1. The van der Waals surface area contributed by atoms with Gasteiger partial charge in [-0.3, -0.25) is 0 Å². The highest BCUT2D eigenvalue weighted by Crippen LogP contribution is 2.20. The van der Waals surface area contributed by atoms with E-state index in [2.05, 4.69) is 4.72 Å². The van der Waals surface area contributed by atoms with E-state index in [0.29, 0.717) is 6.07 Å². The lowest BCUT2D eigenvalue weighted by molar-refractivity contribution is 0.388. The molecule has 1 N–H and O–H groups in total. The molecule has 4 nitrogen and oxygen atoms in total. The first-order chi connectivity index (χ1) is 8.62. The molecule has 0 saturated carbocycles. The fourth-order valence-corrected chi connectivity index (χ4v) is 2.72. The summed E-state index contributed by atoms with van der Waals surface area (Å²) in [5, 5.41) is 9.05. The molecule has 0 heterocycles. The lowest BCUT2D eigenvalue weighted by Crippen LogP contribution is -2.48. The Balaban J connectivity index is 3.19. The molecule has 0 fully saturated rings. The van der Waals surface area contributed by atoms with Gasteiger partial charge in [0.15, 0.2) is 11.6 Å². The maximum Gasteiger partial charge on any atom is 0.242 e. The smallest absolute Gasteiger partial charge is 0.207 e. The minimum atomic E-state index is -4.09. The Morgan fingerprint density at radius 1 is 1.32 bits per heavy atom. The van der Waals surface area contributed by atoms with E-state index in [9.17, 15) is 17.2 Å². The molecule has 0 aliphatic rings. The van der Waals surface area contributed by atoms with Crippen LogP contribution >= 0.6 is 0 Å². The number of hydrogen-bond donors (Lipinski definition) is 1. The molecule has 104 valence electrons. The van der Waals surface area contributed by atoms with Crippen LogP contribution in [0.25, 0.3) is 0 Å². The van der Waals surface area contributed by atoms with Crippen LogP contribution in [0.15, 0.2) is 23.1 Å². The van der Waals surface area contributed by atoms with Gasteiger partial charge in [0.2, 0.25) is 10.0 Å². The summed E-state index contributed by atoms with van der Waals surface area (Å²) in [6.45, 7) is 4.78. The van der Waals surface area contributed by atoms with Crippen LogP contribution in [0.3, 0.4) is 0 Å². The van der Waals surface area contributed by atoms with E-state index in [-0.39, 0.29) is 5.92 Å². The Morgan fingerprint density at radius 2 is 1.89 bits per heavy atom. The Morgan fingerprint density at radius 3 is 2.32 bits per heavy atom. The summed E-state index contributed by atoms with van der Waals surface area (Å²) in [7, 11) is -4.09. The van der Waals surface area contributed by atoms with Crippen molar-refractivity contribution in [2.24, 2.45) is 5.92 Å². The molecular formula is C12H14F2N2O2S. The molecule has 0 bridgehead atoms. The summed E-state index contributed by atoms with van der Waals surface area (Å²) < 4.78 is 52.1. The third-order valence-corrected chi connectivity index (χ3v) is 4.50. The molecule has 1 aromatic carbocycles. The molecule has 19 heavy (non-hydrogen) atoms. The van der Waals surface area contributed by atoms with E-state index < -0.39 is 32.1 Å². The van der Waals surface area contributed by atoms with Crippen LogP contribution in [0.1, 0.15) is 20.8 Å². The van der Waals surface area contributed by atoms with Crippen LogP contribution < -0.4 is 4.72 Å². The van der Waals surface area contributed by atoms with Gasteiger partial charge in [-0.05, 0) is 31.0 Å². The van der Waals surface area contributed by atoms with Crippen molar-refractivity contribution in [3.8, 4) is 6.07 Å². The molecule has 0 aliphatic carbocycles. The Bertz CT molecular complexity index is 623. The van der Waals surface area contributed by atoms with Crippen molar-refractivity contribution in [2.45, 2.75) is 31.2 Å². The zero-order valence-electron chi connectivity index (χ0n) is 10.7. The van der Waals surface area contributed by atoms with Gasteiger partial charge in [-0.1, -0.05) is 13.8 Å². The first kappa shape index (κ1) is 15.5. The lowest BCUT2D eigenvalue weighted by Gasteiger charge is -2.26. The highest BCUT2D eigenvalue weighted by Gasteiger charge is 2.34. The van der Waals surface area contributed by atoms with Gasteiger partial charge in [0.1, 0.15) is 5.54 Å². The maximum absolute atomic E-state index is 13.1.